The van der Waals surface area contributed by atoms with Gasteiger partial charge in [-0.05, 0) is 49.6 Å². The highest BCUT2D eigenvalue weighted by Crippen LogP contribution is 2.28. The summed E-state index contributed by atoms with van der Waals surface area (Å²) in [6.07, 6.45) is 5.33. The Labute approximate surface area is 115 Å². The van der Waals surface area contributed by atoms with Crippen LogP contribution in [-0.4, -0.2) is 18.0 Å². The Balaban J connectivity index is 2.01. The summed E-state index contributed by atoms with van der Waals surface area (Å²) in [5, 5.41) is 0.819. The molecule has 1 aromatic rings. The fourth-order valence-corrected chi connectivity index (χ4v) is 3.09. The number of halogens is 1. The molecule has 1 aromatic carbocycles. The SMILES string of the molecule is CC1CCCC(N(C)Cc2cc(N)ccc2Cl)C1. The van der Waals surface area contributed by atoms with Gasteiger partial charge in [0.1, 0.15) is 0 Å². The normalized spacial score (nSPS) is 24.4. The first-order chi connectivity index (χ1) is 8.56. The maximum Gasteiger partial charge on any atom is 0.0452 e. The minimum atomic E-state index is 0.686. The molecule has 0 heterocycles. The summed E-state index contributed by atoms with van der Waals surface area (Å²) in [7, 11) is 2.20. The zero-order valence-corrected chi connectivity index (χ0v) is 12.1. The van der Waals surface area contributed by atoms with E-state index in [4.69, 9.17) is 17.3 Å². The molecule has 2 unspecified atom stereocenters. The number of hydrogen-bond acceptors (Lipinski definition) is 2. The highest BCUT2D eigenvalue weighted by molar-refractivity contribution is 6.31. The first kappa shape index (κ1) is 13.7. The number of benzene rings is 1. The number of nitrogens with zero attached hydrogens (tertiary/aromatic N) is 1. The Kier molecular flexibility index (Phi) is 4.52. The molecule has 2 atom stereocenters. The first-order valence-electron chi connectivity index (χ1n) is 6.80. The van der Waals surface area contributed by atoms with Crippen LogP contribution in [0.1, 0.15) is 38.2 Å². The summed E-state index contributed by atoms with van der Waals surface area (Å²) in [4.78, 5) is 2.43. The molecule has 0 amide bonds. The second kappa shape index (κ2) is 5.94. The fraction of sp³-hybridized carbons (Fsp3) is 0.600. The van der Waals surface area contributed by atoms with Crippen LogP contribution >= 0.6 is 11.6 Å². The van der Waals surface area contributed by atoms with Crippen LogP contribution in [0.4, 0.5) is 5.69 Å². The average molecular weight is 267 g/mol. The van der Waals surface area contributed by atoms with Crippen molar-refractivity contribution in [3.63, 3.8) is 0 Å². The molecule has 1 saturated carbocycles. The maximum atomic E-state index is 6.23. The van der Waals surface area contributed by atoms with E-state index < -0.39 is 0 Å². The lowest BCUT2D eigenvalue weighted by Gasteiger charge is -2.34. The molecule has 2 N–H and O–H groups in total. The quantitative estimate of drug-likeness (QED) is 0.840. The van der Waals surface area contributed by atoms with E-state index in [1.165, 1.54) is 25.7 Å². The van der Waals surface area contributed by atoms with Crippen LogP contribution < -0.4 is 5.73 Å². The second-order valence-electron chi connectivity index (χ2n) is 5.69. The third-order valence-corrected chi connectivity index (χ3v) is 4.39. The molecule has 0 bridgehead atoms. The molecule has 0 saturated heterocycles. The molecule has 0 aliphatic heterocycles. The summed E-state index contributed by atoms with van der Waals surface area (Å²) in [6.45, 7) is 3.24. The first-order valence-corrected chi connectivity index (χ1v) is 7.18. The molecule has 0 aromatic heterocycles. The average Bonchev–Trinajstić information content (AvgIpc) is 2.34. The van der Waals surface area contributed by atoms with Gasteiger partial charge < -0.3 is 5.73 Å². The number of anilines is 1. The minimum absolute atomic E-state index is 0.686. The number of rotatable bonds is 3. The Morgan fingerprint density at radius 3 is 2.89 bits per heavy atom. The van der Waals surface area contributed by atoms with Gasteiger partial charge in [-0.3, -0.25) is 4.90 Å². The van der Waals surface area contributed by atoms with Crippen molar-refractivity contribution < 1.29 is 0 Å². The largest absolute Gasteiger partial charge is 0.399 e. The van der Waals surface area contributed by atoms with Crippen LogP contribution in [0.2, 0.25) is 5.02 Å². The van der Waals surface area contributed by atoms with Crippen LogP contribution in [-0.2, 0) is 6.54 Å². The standard InChI is InChI=1S/C15H23ClN2/c1-11-4-3-5-14(8-11)18(2)10-12-9-13(17)6-7-15(12)16/h6-7,9,11,14H,3-5,8,10,17H2,1-2H3. The molecule has 18 heavy (non-hydrogen) atoms. The van der Waals surface area contributed by atoms with E-state index in [0.717, 1.165) is 28.7 Å². The predicted octanol–water partition coefficient (Wildman–Crippen LogP) is 3.93. The monoisotopic (exact) mass is 266 g/mol. The lowest BCUT2D eigenvalue weighted by molar-refractivity contribution is 0.158. The Morgan fingerprint density at radius 1 is 1.39 bits per heavy atom. The van der Waals surface area contributed by atoms with Crippen molar-refractivity contribution in [2.75, 3.05) is 12.8 Å². The van der Waals surface area contributed by atoms with E-state index in [-0.39, 0.29) is 0 Å². The van der Waals surface area contributed by atoms with E-state index in [9.17, 15) is 0 Å². The van der Waals surface area contributed by atoms with Crippen molar-refractivity contribution in [3.05, 3.63) is 28.8 Å². The Bertz CT molecular complexity index is 405. The van der Waals surface area contributed by atoms with Crippen LogP contribution in [0.15, 0.2) is 18.2 Å². The van der Waals surface area contributed by atoms with E-state index in [1.54, 1.807) is 0 Å². The van der Waals surface area contributed by atoms with Crippen LogP contribution in [0.5, 0.6) is 0 Å². The Morgan fingerprint density at radius 2 is 2.17 bits per heavy atom. The van der Waals surface area contributed by atoms with Gasteiger partial charge in [0.05, 0.1) is 0 Å². The zero-order valence-electron chi connectivity index (χ0n) is 11.3. The number of nitrogens with two attached hydrogens (primary N) is 1. The zero-order chi connectivity index (χ0) is 13.1. The van der Waals surface area contributed by atoms with Crippen molar-refractivity contribution in [1.82, 2.24) is 4.90 Å². The summed E-state index contributed by atoms with van der Waals surface area (Å²) in [5.74, 6) is 0.850. The summed E-state index contributed by atoms with van der Waals surface area (Å²) < 4.78 is 0. The van der Waals surface area contributed by atoms with E-state index in [0.29, 0.717) is 6.04 Å². The molecule has 0 radical (unpaired) electrons. The number of hydrogen-bond donors (Lipinski definition) is 1. The molecule has 2 nitrogen and oxygen atoms in total. The topological polar surface area (TPSA) is 29.3 Å². The summed E-state index contributed by atoms with van der Waals surface area (Å²) >= 11 is 6.23. The lowest BCUT2D eigenvalue weighted by Crippen LogP contribution is -2.35. The van der Waals surface area contributed by atoms with Gasteiger partial charge in [-0.15, -0.1) is 0 Å². The minimum Gasteiger partial charge on any atom is -0.399 e. The third-order valence-electron chi connectivity index (χ3n) is 4.02. The van der Waals surface area contributed by atoms with Crippen LogP contribution in [0, 0.1) is 5.92 Å². The fourth-order valence-electron chi connectivity index (χ4n) is 2.92. The van der Waals surface area contributed by atoms with Gasteiger partial charge >= 0.3 is 0 Å². The van der Waals surface area contributed by atoms with E-state index in [1.807, 2.05) is 18.2 Å². The van der Waals surface area contributed by atoms with Gasteiger partial charge in [-0.2, -0.15) is 0 Å². The van der Waals surface area contributed by atoms with Gasteiger partial charge in [0, 0.05) is 23.3 Å². The predicted molar refractivity (Wildman–Crippen MR) is 78.8 cm³/mol. The number of nitrogen functional groups attached to an aromatic ring is 1. The molecular formula is C15H23ClN2. The lowest BCUT2D eigenvalue weighted by atomic mass is 9.86. The molecule has 1 fully saturated rings. The highest BCUT2D eigenvalue weighted by Gasteiger charge is 2.22. The van der Waals surface area contributed by atoms with Gasteiger partial charge in [-0.1, -0.05) is 31.4 Å². The van der Waals surface area contributed by atoms with Gasteiger partial charge in [0.2, 0.25) is 0 Å². The smallest absolute Gasteiger partial charge is 0.0452 e. The molecular weight excluding hydrogens is 244 g/mol. The van der Waals surface area contributed by atoms with Gasteiger partial charge in [0.15, 0.2) is 0 Å². The van der Waals surface area contributed by atoms with Gasteiger partial charge in [-0.25, -0.2) is 0 Å². The molecule has 100 valence electrons. The molecule has 1 aliphatic carbocycles. The van der Waals surface area contributed by atoms with Crippen LogP contribution in [0.3, 0.4) is 0 Å². The van der Waals surface area contributed by atoms with Gasteiger partial charge in [0.25, 0.3) is 0 Å². The summed E-state index contributed by atoms with van der Waals surface area (Å²) in [5.41, 5.74) is 7.75. The molecule has 0 spiro atoms. The van der Waals surface area contributed by atoms with Crippen molar-refractivity contribution >= 4 is 17.3 Å². The Hall–Kier alpha value is -0.730. The maximum absolute atomic E-state index is 6.23. The van der Waals surface area contributed by atoms with Crippen molar-refractivity contribution in [2.45, 2.75) is 45.2 Å². The van der Waals surface area contributed by atoms with E-state index in [2.05, 4.69) is 18.9 Å². The molecule has 3 heteroatoms. The molecule has 1 aliphatic rings. The van der Waals surface area contributed by atoms with Crippen molar-refractivity contribution in [1.29, 1.82) is 0 Å². The van der Waals surface area contributed by atoms with Crippen LogP contribution in [0.25, 0.3) is 0 Å². The summed E-state index contributed by atoms with van der Waals surface area (Å²) in [6, 6.07) is 6.43. The third kappa shape index (κ3) is 3.39. The highest BCUT2D eigenvalue weighted by atomic mass is 35.5. The van der Waals surface area contributed by atoms with Crippen molar-refractivity contribution in [2.24, 2.45) is 5.92 Å². The van der Waals surface area contributed by atoms with Crippen molar-refractivity contribution in [3.8, 4) is 0 Å². The van der Waals surface area contributed by atoms with E-state index >= 15 is 0 Å². The second-order valence-corrected chi connectivity index (χ2v) is 6.10. The molecule has 2 rings (SSSR count).